The first kappa shape index (κ1) is 15.7. The van der Waals surface area contributed by atoms with E-state index in [4.69, 9.17) is 0 Å². The Morgan fingerprint density at radius 1 is 1.23 bits per heavy atom. The fourth-order valence-electron chi connectivity index (χ4n) is 3.91. The van der Waals surface area contributed by atoms with Crippen LogP contribution in [0.15, 0.2) is 29.2 Å². The minimum absolute atomic E-state index is 0.106. The number of hydrogen-bond acceptors (Lipinski definition) is 3. The molecule has 1 aliphatic carbocycles. The molecule has 0 unspecified atom stereocenters. The third kappa shape index (κ3) is 2.40. The molecule has 120 valence electrons. The number of carbonyl (C=O) groups is 1. The average molecular weight is 321 g/mol. The largest absolute Gasteiger partial charge is 0.298 e. The molecule has 2 atom stereocenters. The lowest BCUT2D eigenvalue weighted by atomic mass is 9.81. The van der Waals surface area contributed by atoms with E-state index in [0.717, 1.165) is 18.4 Å². The predicted octanol–water partition coefficient (Wildman–Crippen LogP) is 2.91. The standard InChI is InChI=1S/C17H23NO3S/c1-13-5-7-15(8-6-13)22(20,21)18-11-9-14(2)12-17(18)10-3-4-16(17)19/h5-8,14H,3-4,9-12H2,1-2H3/t14-,17-/m0/s1. The molecule has 1 aliphatic heterocycles. The zero-order chi connectivity index (χ0) is 16.0. The second-order valence-corrected chi connectivity index (χ2v) is 8.66. The Hall–Kier alpha value is -1.20. The lowest BCUT2D eigenvalue weighted by Crippen LogP contribution is -2.58. The summed E-state index contributed by atoms with van der Waals surface area (Å²) in [7, 11) is -3.61. The van der Waals surface area contributed by atoms with Gasteiger partial charge in [-0.3, -0.25) is 4.79 Å². The van der Waals surface area contributed by atoms with Crippen molar-refractivity contribution in [2.75, 3.05) is 6.54 Å². The first-order valence-electron chi connectivity index (χ1n) is 7.99. The van der Waals surface area contributed by atoms with Crippen molar-refractivity contribution in [1.82, 2.24) is 4.31 Å². The molecule has 0 N–H and O–H groups in total. The summed E-state index contributed by atoms with van der Waals surface area (Å²) in [6.45, 7) is 4.49. The van der Waals surface area contributed by atoms with Crippen molar-refractivity contribution in [3.05, 3.63) is 29.8 Å². The molecule has 1 saturated carbocycles. The third-order valence-electron chi connectivity index (χ3n) is 5.11. The van der Waals surface area contributed by atoms with Gasteiger partial charge in [-0.2, -0.15) is 4.31 Å². The zero-order valence-corrected chi connectivity index (χ0v) is 14.0. The Labute approximate surface area is 132 Å². The molecule has 5 heteroatoms. The van der Waals surface area contributed by atoms with Crippen LogP contribution >= 0.6 is 0 Å². The van der Waals surface area contributed by atoms with Gasteiger partial charge >= 0.3 is 0 Å². The molecular weight excluding hydrogens is 298 g/mol. The van der Waals surface area contributed by atoms with E-state index < -0.39 is 15.6 Å². The number of benzene rings is 1. The van der Waals surface area contributed by atoms with E-state index in [1.807, 2.05) is 19.1 Å². The maximum atomic E-state index is 13.1. The monoisotopic (exact) mass is 321 g/mol. The van der Waals surface area contributed by atoms with Gasteiger partial charge in [-0.1, -0.05) is 24.6 Å². The van der Waals surface area contributed by atoms with Crippen molar-refractivity contribution < 1.29 is 13.2 Å². The molecule has 4 nitrogen and oxygen atoms in total. The molecule has 0 bridgehead atoms. The van der Waals surface area contributed by atoms with E-state index in [0.29, 0.717) is 36.6 Å². The summed E-state index contributed by atoms with van der Waals surface area (Å²) in [4.78, 5) is 12.8. The number of ketones is 1. The van der Waals surface area contributed by atoms with Crippen LogP contribution in [0.3, 0.4) is 0 Å². The quantitative estimate of drug-likeness (QED) is 0.841. The molecule has 0 aromatic heterocycles. The van der Waals surface area contributed by atoms with Gasteiger partial charge in [0.25, 0.3) is 0 Å². The summed E-state index contributed by atoms with van der Waals surface area (Å²) >= 11 is 0. The number of hydrogen-bond donors (Lipinski definition) is 0. The van der Waals surface area contributed by atoms with Gasteiger partial charge < -0.3 is 0 Å². The SMILES string of the molecule is Cc1ccc(S(=O)(=O)N2CC[C@H](C)C[C@]23CCCC3=O)cc1. The predicted molar refractivity (Wildman–Crippen MR) is 85.1 cm³/mol. The summed E-state index contributed by atoms with van der Waals surface area (Å²) in [6.07, 6.45) is 3.45. The summed E-state index contributed by atoms with van der Waals surface area (Å²) < 4.78 is 27.7. The van der Waals surface area contributed by atoms with Gasteiger partial charge in [0.1, 0.15) is 0 Å². The number of piperidine rings is 1. The van der Waals surface area contributed by atoms with Gasteiger partial charge in [-0.15, -0.1) is 0 Å². The summed E-state index contributed by atoms with van der Waals surface area (Å²) in [5.41, 5.74) is 0.236. The maximum Gasteiger partial charge on any atom is 0.243 e. The molecule has 3 rings (SSSR count). The van der Waals surface area contributed by atoms with Crippen LogP contribution in [0, 0.1) is 12.8 Å². The molecule has 1 aromatic carbocycles. The number of rotatable bonds is 2. The molecule has 22 heavy (non-hydrogen) atoms. The lowest BCUT2D eigenvalue weighted by molar-refractivity contribution is -0.127. The Balaban J connectivity index is 2.04. The van der Waals surface area contributed by atoms with Crippen molar-refractivity contribution in [3.8, 4) is 0 Å². The normalized spacial score (nSPS) is 30.1. The van der Waals surface area contributed by atoms with Gasteiger partial charge in [-0.05, 0) is 50.7 Å². The second-order valence-electron chi connectivity index (χ2n) is 6.80. The van der Waals surface area contributed by atoms with Crippen molar-refractivity contribution in [3.63, 3.8) is 0 Å². The Morgan fingerprint density at radius 3 is 2.50 bits per heavy atom. The average Bonchev–Trinajstić information content (AvgIpc) is 2.80. The molecule has 1 spiro atoms. The van der Waals surface area contributed by atoms with Gasteiger partial charge in [0.15, 0.2) is 5.78 Å². The van der Waals surface area contributed by atoms with Crippen molar-refractivity contribution in [1.29, 1.82) is 0 Å². The third-order valence-corrected chi connectivity index (χ3v) is 7.09. The molecule has 0 radical (unpaired) electrons. The van der Waals surface area contributed by atoms with E-state index in [1.54, 1.807) is 12.1 Å². The number of carbonyl (C=O) groups excluding carboxylic acids is 1. The highest BCUT2D eigenvalue weighted by atomic mass is 32.2. The van der Waals surface area contributed by atoms with Gasteiger partial charge in [-0.25, -0.2) is 8.42 Å². The Morgan fingerprint density at radius 2 is 1.91 bits per heavy atom. The summed E-state index contributed by atoms with van der Waals surface area (Å²) in [5, 5.41) is 0. The molecular formula is C17H23NO3S. The lowest BCUT2D eigenvalue weighted by Gasteiger charge is -2.44. The number of Topliss-reactive ketones (excluding diaryl/α,β-unsaturated/α-hetero) is 1. The number of aryl methyl sites for hydroxylation is 1. The van der Waals surface area contributed by atoms with Crippen LogP contribution in [0.5, 0.6) is 0 Å². The smallest absolute Gasteiger partial charge is 0.243 e. The van der Waals surface area contributed by atoms with Crippen LogP contribution in [0.4, 0.5) is 0 Å². The van der Waals surface area contributed by atoms with Crippen LogP contribution in [-0.4, -0.2) is 30.6 Å². The molecule has 1 saturated heterocycles. The molecule has 1 heterocycles. The van der Waals surface area contributed by atoms with E-state index in [1.165, 1.54) is 4.31 Å². The van der Waals surface area contributed by atoms with Crippen LogP contribution in [0.1, 0.15) is 44.6 Å². The van der Waals surface area contributed by atoms with Gasteiger partial charge in [0.05, 0.1) is 10.4 Å². The first-order valence-corrected chi connectivity index (χ1v) is 9.43. The van der Waals surface area contributed by atoms with Crippen LogP contribution in [-0.2, 0) is 14.8 Å². The highest BCUT2D eigenvalue weighted by Crippen LogP contribution is 2.44. The summed E-state index contributed by atoms with van der Waals surface area (Å²) in [5.74, 6) is 0.501. The van der Waals surface area contributed by atoms with E-state index >= 15 is 0 Å². The Kier molecular flexibility index (Phi) is 3.89. The zero-order valence-electron chi connectivity index (χ0n) is 13.2. The van der Waals surface area contributed by atoms with Gasteiger partial charge in [0, 0.05) is 13.0 Å². The van der Waals surface area contributed by atoms with Crippen LogP contribution in [0.25, 0.3) is 0 Å². The van der Waals surface area contributed by atoms with Crippen LogP contribution < -0.4 is 0 Å². The topological polar surface area (TPSA) is 54.5 Å². The second kappa shape index (κ2) is 5.46. The first-order chi connectivity index (χ1) is 10.4. The fraction of sp³-hybridized carbons (Fsp3) is 0.588. The molecule has 2 fully saturated rings. The van der Waals surface area contributed by atoms with E-state index in [9.17, 15) is 13.2 Å². The van der Waals surface area contributed by atoms with E-state index in [2.05, 4.69) is 6.92 Å². The molecule has 1 aromatic rings. The highest BCUT2D eigenvalue weighted by molar-refractivity contribution is 7.89. The highest BCUT2D eigenvalue weighted by Gasteiger charge is 2.53. The summed E-state index contributed by atoms with van der Waals surface area (Å²) in [6, 6.07) is 6.91. The van der Waals surface area contributed by atoms with Crippen molar-refractivity contribution >= 4 is 15.8 Å². The maximum absolute atomic E-state index is 13.1. The fourth-order valence-corrected chi connectivity index (χ4v) is 5.72. The van der Waals surface area contributed by atoms with Crippen molar-refractivity contribution in [2.24, 2.45) is 5.92 Å². The minimum Gasteiger partial charge on any atom is -0.298 e. The Bertz CT molecular complexity index is 680. The number of nitrogens with zero attached hydrogens (tertiary/aromatic N) is 1. The molecule has 2 aliphatic rings. The van der Waals surface area contributed by atoms with Crippen molar-refractivity contribution in [2.45, 2.75) is 56.4 Å². The van der Waals surface area contributed by atoms with E-state index in [-0.39, 0.29) is 5.78 Å². The molecule has 0 amide bonds. The van der Waals surface area contributed by atoms with Gasteiger partial charge in [0.2, 0.25) is 10.0 Å². The van der Waals surface area contributed by atoms with Crippen LogP contribution in [0.2, 0.25) is 0 Å². The minimum atomic E-state index is -3.61. The number of sulfonamides is 1.